The van der Waals surface area contributed by atoms with Gasteiger partial charge >= 0.3 is 0 Å². The minimum Gasteiger partial charge on any atom is -0.357 e. The van der Waals surface area contributed by atoms with Crippen LogP contribution in [0.3, 0.4) is 0 Å². The number of nitrogens with zero attached hydrogens (tertiary/aromatic N) is 2. The molecule has 3 aromatic rings. The number of aryl methyl sites for hydroxylation is 1. The zero-order chi connectivity index (χ0) is 27.3. The molecule has 2 amide bonds. The fraction of sp³-hybridized carbons (Fsp3) is 0.231. The van der Waals surface area contributed by atoms with Crippen molar-refractivity contribution in [3.63, 3.8) is 0 Å². The van der Waals surface area contributed by atoms with Crippen molar-refractivity contribution in [1.82, 2.24) is 10.2 Å². The first-order valence-corrected chi connectivity index (χ1v) is 13.4. The van der Waals surface area contributed by atoms with Crippen LogP contribution in [0.1, 0.15) is 18.1 Å². The van der Waals surface area contributed by atoms with Gasteiger partial charge in [0.05, 0.1) is 10.6 Å². The molecule has 3 rings (SSSR count). The highest BCUT2D eigenvalue weighted by atomic mass is 35.5. The van der Waals surface area contributed by atoms with Gasteiger partial charge in [0.15, 0.2) is 0 Å². The fourth-order valence-electron chi connectivity index (χ4n) is 3.65. The summed E-state index contributed by atoms with van der Waals surface area (Å²) >= 11 is 12.3. The first-order valence-electron chi connectivity index (χ1n) is 11.2. The third kappa shape index (κ3) is 6.80. The van der Waals surface area contributed by atoms with Crippen LogP contribution in [0, 0.1) is 12.7 Å². The molecule has 3 aromatic carbocycles. The molecular formula is C26H26Cl2FN3O4S. The highest BCUT2D eigenvalue weighted by Gasteiger charge is 2.33. The summed E-state index contributed by atoms with van der Waals surface area (Å²) in [6.07, 6.45) is 0. The number of halogens is 3. The monoisotopic (exact) mass is 565 g/mol. The van der Waals surface area contributed by atoms with Crippen LogP contribution < -0.4 is 9.62 Å². The maximum Gasteiger partial charge on any atom is 0.264 e. The average Bonchev–Trinajstić information content (AvgIpc) is 2.85. The molecular weight excluding hydrogens is 540 g/mol. The van der Waals surface area contributed by atoms with Crippen molar-refractivity contribution >= 4 is 50.7 Å². The molecule has 0 aliphatic rings. The lowest BCUT2D eigenvalue weighted by Crippen LogP contribution is -2.50. The molecule has 0 aliphatic carbocycles. The van der Waals surface area contributed by atoms with E-state index in [1.54, 1.807) is 18.2 Å². The van der Waals surface area contributed by atoms with E-state index in [4.69, 9.17) is 23.2 Å². The first kappa shape index (κ1) is 28.4. The van der Waals surface area contributed by atoms with E-state index in [9.17, 15) is 22.4 Å². The maximum atomic E-state index is 14.4. The number of anilines is 1. The number of hydrogen-bond acceptors (Lipinski definition) is 4. The van der Waals surface area contributed by atoms with Gasteiger partial charge in [-0.1, -0.05) is 59.1 Å². The van der Waals surface area contributed by atoms with Crippen molar-refractivity contribution in [2.75, 3.05) is 17.9 Å². The Hall–Kier alpha value is -3.14. The number of benzene rings is 3. The van der Waals surface area contributed by atoms with E-state index in [0.29, 0.717) is 0 Å². The van der Waals surface area contributed by atoms with E-state index in [1.807, 2.05) is 6.92 Å². The Labute approximate surface area is 225 Å². The van der Waals surface area contributed by atoms with Crippen LogP contribution in [0.2, 0.25) is 10.0 Å². The molecule has 37 heavy (non-hydrogen) atoms. The Kier molecular flexibility index (Phi) is 9.17. The van der Waals surface area contributed by atoms with Gasteiger partial charge < -0.3 is 10.2 Å². The smallest absolute Gasteiger partial charge is 0.264 e. The van der Waals surface area contributed by atoms with E-state index in [2.05, 4.69) is 5.32 Å². The summed E-state index contributed by atoms with van der Waals surface area (Å²) in [5.74, 6) is -1.79. The molecule has 11 heteroatoms. The number of hydrogen-bond donors (Lipinski definition) is 1. The number of rotatable bonds is 9. The van der Waals surface area contributed by atoms with Crippen molar-refractivity contribution < 1.29 is 22.4 Å². The molecule has 1 atom stereocenters. The molecule has 0 aliphatic heterocycles. The summed E-state index contributed by atoms with van der Waals surface area (Å²) in [5, 5.41) is 2.80. The summed E-state index contributed by atoms with van der Waals surface area (Å²) < 4.78 is 42.8. The van der Waals surface area contributed by atoms with Gasteiger partial charge in [0, 0.05) is 29.2 Å². The Morgan fingerprint density at radius 1 is 1.00 bits per heavy atom. The Morgan fingerprint density at radius 2 is 1.59 bits per heavy atom. The van der Waals surface area contributed by atoms with Crippen LogP contribution >= 0.6 is 23.2 Å². The van der Waals surface area contributed by atoms with Crippen molar-refractivity contribution in [3.8, 4) is 0 Å². The molecule has 0 aromatic heterocycles. The molecule has 0 fully saturated rings. The molecule has 0 saturated carbocycles. The number of carbonyl (C=O) groups is 2. The standard InChI is InChI=1S/C26H26Cl2FN3O4S/c1-17-8-10-23(11-9-17)37(35,36)32(22-13-20(27)12-21(28)14-22)16-25(33)31(18(2)26(34)30-3)15-19-6-4-5-7-24(19)29/h4-14,18H,15-16H2,1-3H3,(H,30,34). The predicted octanol–water partition coefficient (Wildman–Crippen LogP) is 4.80. The lowest BCUT2D eigenvalue weighted by molar-refractivity contribution is -0.139. The minimum absolute atomic E-state index is 0.0537. The van der Waals surface area contributed by atoms with E-state index >= 15 is 0 Å². The molecule has 0 bridgehead atoms. The van der Waals surface area contributed by atoms with Crippen molar-refractivity contribution in [2.45, 2.75) is 31.3 Å². The maximum absolute atomic E-state index is 14.4. The van der Waals surface area contributed by atoms with Crippen LogP contribution in [0.25, 0.3) is 0 Å². The molecule has 0 saturated heterocycles. The molecule has 1 N–H and O–H groups in total. The van der Waals surface area contributed by atoms with Crippen LogP contribution in [0.4, 0.5) is 10.1 Å². The molecule has 7 nitrogen and oxygen atoms in total. The van der Waals surface area contributed by atoms with E-state index in [1.165, 1.54) is 62.5 Å². The Morgan fingerprint density at radius 3 is 2.16 bits per heavy atom. The highest BCUT2D eigenvalue weighted by molar-refractivity contribution is 7.92. The number of sulfonamides is 1. The van der Waals surface area contributed by atoms with Gasteiger partial charge in [-0.05, 0) is 50.2 Å². The van der Waals surface area contributed by atoms with Gasteiger partial charge in [-0.2, -0.15) is 0 Å². The summed E-state index contributed by atoms with van der Waals surface area (Å²) in [5.41, 5.74) is 1.08. The number of nitrogens with one attached hydrogen (secondary N) is 1. The molecule has 196 valence electrons. The van der Waals surface area contributed by atoms with Crippen molar-refractivity contribution in [3.05, 3.63) is 93.7 Å². The SMILES string of the molecule is CNC(=O)C(C)N(Cc1ccccc1F)C(=O)CN(c1cc(Cl)cc(Cl)c1)S(=O)(=O)c1ccc(C)cc1. The van der Waals surface area contributed by atoms with Gasteiger partial charge in [-0.25, -0.2) is 12.8 Å². The van der Waals surface area contributed by atoms with Crippen molar-refractivity contribution in [2.24, 2.45) is 0 Å². The predicted molar refractivity (Wildman–Crippen MR) is 143 cm³/mol. The molecule has 0 radical (unpaired) electrons. The third-order valence-electron chi connectivity index (χ3n) is 5.74. The lowest BCUT2D eigenvalue weighted by Gasteiger charge is -2.32. The highest BCUT2D eigenvalue weighted by Crippen LogP contribution is 2.30. The van der Waals surface area contributed by atoms with Crippen LogP contribution in [0.5, 0.6) is 0 Å². The zero-order valence-electron chi connectivity index (χ0n) is 20.4. The quantitative estimate of drug-likeness (QED) is 0.403. The normalized spacial score (nSPS) is 12.1. The van der Waals surface area contributed by atoms with Crippen LogP contribution in [0.15, 0.2) is 71.6 Å². The van der Waals surface area contributed by atoms with E-state index < -0.39 is 40.2 Å². The molecule has 1 unspecified atom stereocenters. The lowest BCUT2D eigenvalue weighted by atomic mass is 10.1. The number of carbonyl (C=O) groups excluding carboxylic acids is 2. The fourth-order valence-corrected chi connectivity index (χ4v) is 5.56. The molecule has 0 spiro atoms. The summed E-state index contributed by atoms with van der Waals surface area (Å²) in [7, 11) is -2.86. The van der Waals surface area contributed by atoms with Gasteiger partial charge in [-0.3, -0.25) is 13.9 Å². The number of likely N-dealkylation sites (N-methyl/N-ethyl adjacent to an activating group) is 1. The number of amides is 2. The zero-order valence-corrected chi connectivity index (χ0v) is 22.7. The summed E-state index contributed by atoms with van der Waals surface area (Å²) in [4.78, 5) is 27.2. The summed E-state index contributed by atoms with van der Waals surface area (Å²) in [6.45, 7) is 2.35. The van der Waals surface area contributed by atoms with E-state index in [0.717, 1.165) is 14.8 Å². The van der Waals surface area contributed by atoms with Crippen molar-refractivity contribution in [1.29, 1.82) is 0 Å². The molecule has 0 heterocycles. The van der Waals surface area contributed by atoms with Crippen LogP contribution in [-0.4, -0.2) is 44.8 Å². The Bertz CT molecular complexity index is 1380. The summed E-state index contributed by atoms with van der Waals surface area (Å²) in [6, 6.07) is 15.1. The van der Waals surface area contributed by atoms with E-state index in [-0.39, 0.29) is 32.7 Å². The van der Waals surface area contributed by atoms with Gasteiger partial charge in [-0.15, -0.1) is 0 Å². The second kappa shape index (κ2) is 11.9. The minimum atomic E-state index is -4.27. The van der Waals surface area contributed by atoms with Gasteiger partial charge in [0.1, 0.15) is 18.4 Å². The van der Waals surface area contributed by atoms with Crippen LogP contribution in [-0.2, 0) is 26.2 Å². The first-order chi connectivity index (χ1) is 17.4. The average molecular weight is 566 g/mol. The topological polar surface area (TPSA) is 86.8 Å². The van der Waals surface area contributed by atoms with Gasteiger partial charge in [0.25, 0.3) is 10.0 Å². The third-order valence-corrected chi connectivity index (χ3v) is 7.96. The largest absolute Gasteiger partial charge is 0.357 e. The van der Waals surface area contributed by atoms with Gasteiger partial charge in [0.2, 0.25) is 11.8 Å². The second-order valence-corrected chi connectivity index (χ2v) is 11.1. The second-order valence-electron chi connectivity index (χ2n) is 8.36. The Balaban J connectivity index is 2.08.